The molecule has 1 saturated heterocycles. The Morgan fingerprint density at radius 2 is 1.10 bits per heavy atom. The molecule has 1 heterocycles. The number of hydrogen-bond acceptors (Lipinski definition) is 6. The van der Waals surface area contributed by atoms with Gasteiger partial charge in [-0.3, -0.25) is 9.32 Å². The van der Waals surface area contributed by atoms with E-state index < -0.39 is 8.80 Å². The highest BCUT2D eigenvalue weighted by atomic mass is 32.2. The van der Waals surface area contributed by atoms with E-state index in [-0.39, 0.29) is 0 Å². The third-order valence-electron chi connectivity index (χ3n) is 10.4. The summed E-state index contributed by atoms with van der Waals surface area (Å²) in [5.74, 6) is 1.43. The standard InChI is InChI=1S/C42H85NO4SSi/c1-4-7-10-12-14-16-18-19-20-21-22-23-25-27-29-31-36-45-49(39-32-38-48-42(44)34-9-6-3)46-37-35-41(40-43-47-49)33-30-28-26-24-17-15-13-11-8-5-2/h41,43H,4-40H2,1-3H3. The zero-order valence-corrected chi connectivity index (χ0v) is 35.1. The number of carbonyl (C=O) groups excluding carboxylic acids is 1. The molecule has 0 aromatic carbocycles. The lowest BCUT2D eigenvalue weighted by atomic mass is 9.97. The van der Waals surface area contributed by atoms with Crippen molar-refractivity contribution in [3.05, 3.63) is 0 Å². The summed E-state index contributed by atoms with van der Waals surface area (Å²) in [6.45, 7) is 9.07. The first-order chi connectivity index (χ1) is 24.2. The summed E-state index contributed by atoms with van der Waals surface area (Å²) in [5.41, 5.74) is 3.34. The second-order valence-electron chi connectivity index (χ2n) is 15.2. The number of nitrogens with one attached hydrogen (secondary N) is 1. The average Bonchev–Trinajstić information content (AvgIpc) is 3.10. The van der Waals surface area contributed by atoms with Crippen molar-refractivity contribution in [3.63, 3.8) is 0 Å². The maximum Gasteiger partial charge on any atom is 0.517 e. The lowest BCUT2D eigenvalue weighted by Crippen LogP contribution is -2.52. The molecular formula is C42H85NO4SSi. The maximum atomic E-state index is 12.2. The Hall–Kier alpha value is 0.0769. The first-order valence-corrected chi connectivity index (χ1v) is 24.9. The molecule has 0 aromatic rings. The molecule has 1 N–H and O–H groups in total. The Morgan fingerprint density at radius 3 is 1.61 bits per heavy atom. The van der Waals surface area contributed by atoms with Crippen LogP contribution in [-0.2, 0) is 18.2 Å². The van der Waals surface area contributed by atoms with Gasteiger partial charge < -0.3 is 8.85 Å². The van der Waals surface area contributed by atoms with Crippen LogP contribution < -0.4 is 5.48 Å². The molecule has 1 rings (SSSR count). The van der Waals surface area contributed by atoms with E-state index >= 15 is 0 Å². The summed E-state index contributed by atoms with van der Waals surface area (Å²) < 4.78 is 19.4. The predicted octanol–water partition coefficient (Wildman–Crippen LogP) is 13.9. The van der Waals surface area contributed by atoms with E-state index in [2.05, 4.69) is 26.3 Å². The average molecular weight is 728 g/mol. The fourth-order valence-electron chi connectivity index (χ4n) is 6.96. The van der Waals surface area contributed by atoms with Crippen molar-refractivity contribution in [2.24, 2.45) is 5.92 Å². The minimum absolute atomic E-state index is 0.319. The Bertz CT molecular complexity index is 690. The fourth-order valence-corrected chi connectivity index (χ4v) is 10.4. The molecule has 5 nitrogen and oxygen atoms in total. The predicted molar refractivity (Wildman–Crippen MR) is 217 cm³/mol. The van der Waals surface area contributed by atoms with Crippen molar-refractivity contribution >= 4 is 25.7 Å². The van der Waals surface area contributed by atoms with Gasteiger partial charge >= 0.3 is 8.80 Å². The van der Waals surface area contributed by atoms with Crippen LogP contribution in [0.4, 0.5) is 0 Å². The van der Waals surface area contributed by atoms with Crippen molar-refractivity contribution in [2.45, 2.75) is 232 Å². The molecule has 1 aliphatic heterocycles. The summed E-state index contributed by atoms with van der Waals surface area (Å²) in [7, 11) is -2.80. The van der Waals surface area contributed by atoms with Gasteiger partial charge in [-0.1, -0.05) is 199 Å². The smallest absolute Gasteiger partial charge is 0.373 e. The number of thioether (sulfide) groups is 1. The molecule has 0 aromatic heterocycles. The number of hydrogen-bond donors (Lipinski definition) is 1. The zero-order valence-electron chi connectivity index (χ0n) is 33.3. The van der Waals surface area contributed by atoms with Gasteiger partial charge in [0.25, 0.3) is 0 Å². The molecule has 0 radical (unpaired) electrons. The van der Waals surface area contributed by atoms with Gasteiger partial charge in [-0.15, -0.1) is 0 Å². The number of rotatable bonds is 36. The third-order valence-corrected chi connectivity index (χ3v) is 14.1. The summed E-state index contributed by atoms with van der Waals surface area (Å²) >= 11 is 1.48. The molecule has 0 spiro atoms. The molecule has 0 aliphatic carbocycles. The molecule has 49 heavy (non-hydrogen) atoms. The van der Waals surface area contributed by atoms with Gasteiger partial charge in [-0.25, -0.2) is 5.48 Å². The van der Waals surface area contributed by atoms with Gasteiger partial charge in [-0.2, -0.15) is 0 Å². The van der Waals surface area contributed by atoms with Crippen molar-refractivity contribution < 1.29 is 18.2 Å². The molecule has 2 unspecified atom stereocenters. The monoisotopic (exact) mass is 728 g/mol. The quantitative estimate of drug-likeness (QED) is 0.0512. The molecule has 0 saturated carbocycles. The highest BCUT2D eigenvalue weighted by Crippen LogP contribution is 2.25. The highest BCUT2D eigenvalue weighted by molar-refractivity contribution is 8.13. The van der Waals surface area contributed by atoms with E-state index in [0.29, 0.717) is 17.5 Å². The molecular weight excluding hydrogens is 643 g/mol. The zero-order chi connectivity index (χ0) is 35.4. The van der Waals surface area contributed by atoms with Gasteiger partial charge in [0.05, 0.1) is 0 Å². The van der Waals surface area contributed by atoms with E-state index in [9.17, 15) is 4.79 Å². The lowest BCUT2D eigenvalue weighted by molar-refractivity contribution is -0.111. The Balaban J connectivity index is 2.25. The van der Waals surface area contributed by atoms with Crippen LogP contribution in [-0.4, -0.2) is 39.4 Å². The second-order valence-corrected chi connectivity index (χ2v) is 19.0. The normalized spacial score (nSPS) is 18.5. The van der Waals surface area contributed by atoms with Crippen LogP contribution >= 0.6 is 11.8 Å². The first kappa shape index (κ1) is 47.1. The minimum Gasteiger partial charge on any atom is -0.373 e. The molecule has 1 aliphatic rings. The van der Waals surface area contributed by atoms with E-state index in [1.54, 1.807) is 0 Å². The minimum atomic E-state index is -2.80. The lowest BCUT2D eigenvalue weighted by Gasteiger charge is -2.33. The summed E-state index contributed by atoms with van der Waals surface area (Å²) in [5, 5.41) is 0.319. The molecule has 292 valence electrons. The van der Waals surface area contributed by atoms with Crippen LogP contribution in [0.5, 0.6) is 0 Å². The van der Waals surface area contributed by atoms with Gasteiger partial charge in [0.2, 0.25) is 0 Å². The summed E-state index contributed by atoms with van der Waals surface area (Å²) in [4.78, 5) is 12.2. The van der Waals surface area contributed by atoms with Crippen LogP contribution in [0.25, 0.3) is 0 Å². The third kappa shape index (κ3) is 30.3. The number of hydroxylamine groups is 1. The van der Waals surface area contributed by atoms with Crippen molar-refractivity contribution in [1.82, 2.24) is 5.48 Å². The van der Waals surface area contributed by atoms with Gasteiger partial charge in [-0.05, 0) is 38.0 Å². The molecule has 0 bridgehead atoms. The first-order valence-electron chi connectivity index (χ1n) is 22.0. The molecule has 7 heteroatoms. The van der Waals surface area contributed by atoms with Crippen molar-refractivity contribution in [3.8, 4) is 0 Å². The van der Waals surface area contributed by atoms with E-state index in [0.717, 1.165) is 63.7 Å². The fraction of sp³-hybridized carbons (Fsp3) is 0.976. The Morgan fingerprint density at radius 1 is 0.633 bits per heavy atom. The Kier molecular flexibility index (Phi) is 35.0. The van der Waals surface area contributed by atoms with Gasteiger partial charge in [0.15, 0.2) is 5.12 Å². The second kappa shape index (κ2) is 36.4. The highest BCUT2D eigenvalue weighted by Gasteiger charge is 2.42. The van der Waals surface area contributed by atoms with E-state index in [4.69, 9.17) is 13.4 Å². The van der Waals surface area contributed by atoms with Crippen molar-refractivity contribution in [2.75, 3.05) is 25.5 Å². The maximum absolute atomic E-state index is 12.2. The van der Waals surface area contributed by atoms with Crippen LogP contribution in [0, 0.1) is 5.92 Å². The molecule has 0 amide bonds. The van der Waals surface area contributed by atoms with Crippen LogP contribution in [0.1, 0.15) is 226 Å². The topological polar surface area (TPSA) is 56.8 Å². The molecule has 2 atom stereocenters. The van der Waals surface area contributed by atoms with Crippen LogP contribution in [0.2, 0.25) is 6.04 Å². The van der Waals surface area contributed by atoms with Gasteiger partial charge in [0.1, 0.15) is 0 Å². The van der Waals surface area contributed by atoms with E-state index in [1.165, 1.54) is 179 Å². The Labute approximate surface area is 312 Å². The summed E-state index contributed by atoms with van der Waals surface area (Å²) in [6.07, 6.45) is 41.8. The van der Waals surface area contributed by atoms with E-state index in [1.807, 2.05) is 0 Å². The molecule has 1 fully saturated rings. The van der Waals surface area contributed by atoms with Crippen LogP contribution in [0.15, 0.2) is 0 Å². The summed E-state index contributed by atoms with van der Waals surface area (Å²) in [6, 6.07) is 0.788. The van der Waals surface area contributed by atoms with Crippen molar-refractivity contribution in [1.29, 1.82) is 0 Å². The number of unbranched alkanes of at least 4 members (excludes halogenated alkanes) is 25. The SMILES string of the molecule is CCCCCCCCCCCCCCCCCCO[Si]1(CCCSC(=O)CCCC)OCCC(CCCCCCCCCCCC)CNO1. The van der Waals surface area contributed by atoms with Gasteiger partial charge in [0, 0.05) is 38.0 Å². The largest absolute Gasteiger partial charge is 0.517 e. The van der Waals surface area contributed by atoms with Crippen LogP contribution in [0.3, 0.4) is 0 Å². The number of carbonyl (C=O) groups is 1.